The fourth-order valence-corrected chi connectivity index (χ4v) is 7.16. The Morgan fingerprint density at radius 1 is 1.06 bits per heavy atom. The number of rotatable bonds is 0. The Labute approximate surface area is 119 Å². The smallest absolute Gasteiger partial charge is 0.192 e. The first-order valence-corrected chi connectivity index (χ1v) is 9.00. The molecule has 1 atom stereocenters. The molecule has 18 heavy (non-hydrogen) atoms. The second kappa shape index (κ2) is 4.57. The predicted octanol–water partition coefficient (Wildman–Crippen LogP) is 3.75. The molecule has 3 aliphatic rings. The van der Waals surface area contributed by atoms with Crippen molar-refractivity contribution < 1.29 is 9.47 Å². The lowest BCUT2D eigenvalue weighted by atomic mass is 9.70. The average Bonchev–Trinajstić information content (AvgIpc) is 2.91. The highest BCUT2D eigenvalue weighted by Crippen LogP contribution is 2.63. The molecule has 1 unspecified atom stereocenters. The van der Waals surface area contributed by atoms with Gasteiger partial charge >= 0.3 is 0 Å². The first-order valence-electron chi connectivity index (χ1n) is 7.03. The summed E-state index contributed by atoms with van der Waals surface area (Å²) in [6, 6.07) is 0. The summed E-state index contributed by atoms with van der Waals surface area (Å²) in [5.74, 6) is 3.00. The Hall–Kier alpha value is 0.620. The van der Waals surface area contributed by atoms with E-state index >= 15 is 0 Å². The van der Waals surface area contributed by atoms with Gasteiger partial charge in [-0.25, -0.2) is 0 Å². The minimum atomic E-state index is -0.277. The Bertz CT molecular complexity index is 312. The van der Waals surface area contributed by atoms with E-state index in [2.05, 4.69) is 44.3 Å². The van der Waals surface area contributed by atoms with Crippen molar-refractivity contribution >= 4 is 23.5 Å². The third kappa shape index (κ3) is 2.04. The van der Waals surface area contributed by atoms with Gasteiger partial charge in [0.1, 0.15) is 4.08 Å². The van der Waals surface area contributed by atoms with Crippen LogP contribution >= 0.6 is 23.5 Å². The lowest BCUT2D eigenvalue weighted by Crippen LogP contribution is -2.55. The lowest BCUT2D eigenvalue weighted by molar-refractivity contribution is -0.189. The summed E-state index contributed by atoms with van der Waals surface area (Å²) >= 11 is 4.19. The highest BCUT2D eigenvalue weighted by Gasteiger charge is 2.62. The molecule has 0 radical (unpaired) electrons. The molecule has 0 aromatic heterocycles. The lowest BCUT2D eigenvalue weighted by Gasteiger charge is -2.51. The van der Waals surface area contributed by atoms with E-state index in [1.54, 1.807) is 0 Å². The Kier molecular flexibility index (Phi) is 3.45. The van der Waals surface area contributed by atoms with E-state index < -0.39 is 0 Å². The summed E-state index contributed by atoms with van der Waals surface area (Å²) < 4.78 is 12.4. The summed E-state index contributed by atoms with van der Waals surface area (Å²) in [5.41, 5.74) is 0.400. The molecule has 4 heteroatoms. The van der Waals surface area contributed by atoms with E-state index in [4.69, 9.17) is 9.47 Å². The molecule has 0 aromatic rings. The largest absolute Gasteiger partial charge is 0.345 e. The van der Waals surface area contributed by atoms with Crippen LogP contribution in [0.5, 0.6) is 0 Å². The van der Waals surface area contributed by atoms with Gasteiger partial charge in [0.15, 0.2) is 5.79 Å². The number of thioether (sulfide) groups is 2. The molecule has 1 aliphatic carbocycles. The van der Waals surface area contributed by atoms with Crippen molar-refractivity contribution in [2.24, 2.45) is 11.3 Å². The van der Waals surface area contributed by atoms with Crippen LogP contribution in [0.2, 0.25) is 0 Å². The fraction of sp³-hybridized carbons (Fsp3) is 1.00. The van der Waals surface area contributed by atoms with E-state index in [0.29, 0.717) is 5.41 Å². The van der Waals surface area contributed by atoms with Crippen LogP contribution in [0.15, 0.2) is 0 Å². The second-order valence-electron chi connectivity index (χ2n) is 6.71. The number of fused-ring (bicyclic) bond motifs is 1. The SMILES string of the molecule is CC(C)(C)C1CCC2(OCCO2)C2(C1)SCCS2. The van der Waals surface area contributed by atoms with Crippen molar-refractivity contribution in [3.8, 4) is 0 Å². The number of hydrogen-bond acceptors (Lipinski definition) is 4. The van der Waals surface area contributed by atoms with E-state index in [0.717, 1.165) is 25.6 Å². The highest BCUT2D eigenvalue weighted by atomic mass is 32.2. The van der Waals surface area contributed by atoms with E-state index in [9.17, 15) is 0 Å². The van der Waals surface area contributed by atoms with Gasteiger partial charge in [0.2, 0.25) is 0 Å². The second-order valence-corrected chi connectivity index (χ2v) is 9.75. The van der Waals surface area contributed by atoms with Crippen molar-refractivity contribution in [2.45, 2.75) is 49.9 Å². The van der Waals surface area contributed by atoms with Gasteiger partial charge < -0.3 is 9.47 Å². The van der Waals surface area contributed by atoms with E-state index in [-0.39, 0.29) is 9.87 Å². The molecular formula is C14H24O2S2. The molecule has 0 N–H and O–H groups in total. The van der Waals surface area contributed by atoms with Crippen LogP contribution in [0.3, 0.4) is 0 Å². The van der Waals surface area contributed by atoms with Gasteiger partial charge in [-0.15, -0.1) is 23.5 Å². The van der Waals surface area contributed by atoms with Crippen molar-refractivity contribution in [1.82, 2.24) is 0 Å². The van der Waals surface area contributed by atoms with Crippen LogP contribution in [0.1, 0.15) is 40.0 Å². The summed E-state index contributed by atoms with van der Waals surface area (Å²) in [5, 5.41) is 0. The van der Waals surface area contributed by atoms with Crippen molar-refractivity contribution in [3.05, 3.63) is 0 Å². The molecule has 2 heterocycles. The van der Waals surface area contributed by atoms with Gasteiger partial charge in [-0.1, -0.05) is 20.8 Å². The van der Waals surface area contributed by atoms with Gasteiger partial charge in [0, 0.05) is 17.9 Å². The van der Waals surface area contributed by atoms with Gasteiger partial charge in [0.05, 0.1) is 13.2 Å². The molecule has 104 valence electrons. The van der Waals surface area contributed by atoms with Gasteiger partial charge in [-0.05, 0) is 24.2 Å². The Morgan fingerprint density at radius 3 is 2.22 bits per heavy atom. The first-order chi connectivity index (χ1) is 8.48. The van der Waals surface area contributed by atoms with Crippen LogP contribution in [-0.4, -0.2) is 34.6 Å². The Morgan fingerprint density at radius 2 is 1.67 bits per heavy atom. The molecular weight excluding hydrogens is 264 g/mol. The van der Waals surface area contributed by atoms with Gasteiger partial charge in [-0.3, -0.25) is 0 Å². The minimum Gasteiger partial charge on any atom is -0.345 e. The van der Waals surface area contributed by atoms with Crippen molar-refractivity contribution in [3.63, 3.8) is 0 Å². The zero-order valence-electron chi connectivity index (χ0n) is 11.7. The maximum Gasteiger partial charge on any atom is 0.192 e. The minimum absolute atomic E-state index is 0.166. The third-order valence-electron chi connectivity index (χ3n) is 4.65. The third-order valence-corrected chi connectivity index (χ3v) is 8.32. The molecule has 0 aromatic carbocycles. The molecule has 0 amide bonds. The van der Waals surface area contributed by atoms with Crippen LogP contribution in [-0.2, 0) is 9.47 Å². The molecule has 2 saturated heterocycles. The molecule has 2 nitrogen and oxygen atoms in total. The summed E-state index contributed by atoms with van der Waals surface area (Å²) in [6.07, 6.45) is 3.56. The summed E-state index contributed by atoms with van der Waals surface area (Å²) in [7, 11) is 0. The number of ether oxygens (including phenoxy) is 2. The van der Waals surface area contributed by atoms with Crippen LogP contribution in [0.4, 0.5) is 0 Å². The maximum absolute atomic E-state index is 6.12. The fourth-order valence-electron chi connectivity index (χ4n) is 3.49. The van der Waals surface area contributed by atoms with Crippen molar-refractivity contribution in [2.75, 3.05) is 24.7 Å². The van der Waals surface area contributed by atoms with E-state index in [1.807, 2.05) is 0 Å². The summed E-state index contributed by atoms with van der Waals surface area (Å²) in [6.45, 7) is 8.70. The van der Waals surface area contributed by atoms with Crippen LogP contribution in [0.25, 0.3) is 0 Å². The molecule has 3 rings (SSSR count). The van der Waals surface area contributed by atoms with E-state index in [1.165, 1.54) is 24.3 Å². The van der Waals surface area contributed by atoms with Gasteiger partial charge in [0.25, 0.3) is 0 Å². The monoisotopic (exact) mass is 288 g/mol. The van der Waals surface area contributed by atoms with Crippen LogP contribution in [0, 0.1) is 11.3 Å². The maximum atomic E-state index is 6.12. The molecule has 2 aliphatic heterocycles. The van der Waals surface area contributed by atoms with Gasteiger partial charge in [-0.2, -0.15) is 0 Å². The predicted molar refractivity (Wildman–Crippen MR) is 79.1 cm³/mol. The molecule has 2 spiro atoms. The quantitative estimate of drug-likeness (QED) is 0.675. The summed E-state index contributed by atoms with van der Waals surface area (Å²) in [4.78, 5) is 0. The molecule has 1 saturated carbocycles. The normalized spacial score (nSPS) is 34.5. The average molecular weight is 288 g/mol. The molecule has 3 fully saturated rings. The standard InChI is InChI=1S/C14H24O2S2/c1-12(2,3)11-4-5-13(15-6-7-16-13)14(10-11)17-8-9-18-14/h11H,4-10H2,1-3H3. The van der Waals surface area contributed by atoms with Crippen molar-refractivity contribution in [1.29, 1.82) is 0 Å². The highest BCUT2D eigenvalue weighted by molar-refractivity contribution is 8.21. The topological polar surface area (TPSA) is 18.5 Å². The molecule has 0 bridgehead atoms. The zero-order chi connectivity index (χ0) is 12.9. The zero-order valence-corrected chi connectivity index (χ0v) is 13.3. The first kappa shape index (κ1) is 13.6. The Balaban J connectivity index is 1.87. The van der Waals surface area contributed by atoms with Crippen LogP contribution < -0.4 is 0 Å². The number of hydrogen-bond donors (Lipinski definition) is 0.